The average Bonchev–Trinajstić information content (AvgIpc) is 2.34. The van der Waals surface area contributed by atoms with E-state index in [0.717, 1.165) is 6.54 Å². The maximum Gasteiger partial charge on any atom is 0.310 e. The van der Waals surface area contributed by atoms with Gasteiger partial charge >= 0.3 is 5.97 Å². The van der Waals surface area contributed by atoms with Crippen LogP contribution in [0.15, 0.2) is 4.99 Å². The van der Waals surface area contributed by atoms with Gasteiger partial charge in [-0.15, -0.1) is 24.0 Å². The van der Waals surface area contributed by atoms with Crippen LogP contribution < -0.4 is 10.6 Å². The number of hydrogen-bond donors (Lipinski definition) is 2. The van der Waals surface area contributed by atoms with E-state index in [9.17, 15) is 4.79 Å². The van der Waals surface area contributed by atoms with Crippen LogP contribution in [0.1, 0.15) is 13.8 Å². The minimum Gasteiger partial charge on any atom is -0.469 e. The molecule has 0 aromatic heterocycles. The van der Waals surface area contributed by atoms with Crippen LogP contribution in [-0.2, 0) is 14.3 Å². The van der Waals surface area contributed by atoms with Gasteiger partial charge < -0.3 is 20.1 Å². The van der Waals surface area contributed by atoms with Gasteiger partial charge in [-0.3, -0.25) is 9.79 Å². The summed E-state index contributed by atoms with van der Waals surface area (Å²) in [5.41, 5.74) is 0. The predicted octanol–water partition coefficient (Wildman–Crippen LogP) is 0.615. The summed E-state index contributed by atoms with van der Waals surface area (Å²) in [7, 11) is 3.02. The Kier molecular flexibility index (Phi) is 14.1. The molecule has 0 fully saturated rings. The van der Waals surface area contributed by atoms with E-state index in [1.807, 2.05) is 6.92 Å². The Hall–Kier alpha value is -0.570. The van der Waals surface area contributed by atoms with Gasteiger partial charge in [0.2, 0.25) is 0 Å². The van der Waals surface area contributed by atoms with E-state index >= 15 is 0 Å². The van der Waals surface area contributed by atoms with E-state index in [1.54, 1.807) is 14.0 Å². The summed E-state index contributed by atoms with van der Waals surface area (Å²) < 4.78 is 9.57. The Morgan fingerprint density at radius 3 is 2.50 bits per heavy atom. The van der Waals surface area contributed by atoms with Crippen LogP contribution in [0.3, 0.4) is 0 Å². The summed E-state index contributed by atoms with van der Waals surface area (Å²) >= 11 is 0. The van der Waals surface area contributed by atoms with Crippen molar-refractivity contribution in [2.45, 2.75) is 13.8 Å². The topological polar surface area (TPSA) is 72.0 Å². The Bertz CT molecular complexity index is 250. The van der Waals surface area contributed by atoms with Gasteiger partial charge in [-0.25, -0.2) is 0 Å². The summed E-state index contributed by atoms with van der Waals surface area (Å²) in [4.78, 5) is 15.5. The number of aliphatic imine (C=N–C) groups is 1. The third-order valence-corrected chi connectivity index (χ3v) is 2.07. The number of carbonyl (C=O) groups excluding carboxylic acids is 1. The number of rotatable bonds is 7. The number of hydrogen-bond acceptors (Lipinski definition) is 4. The molecular formula is C11H24IN3O3. The second-order valence-corrected chi connectivity index (χ2v) is 3.56. The molecule has 0 rings (SSSR count). The number of guanidine groups is 1. The Morgan fingerprint density at radius 2 is 2.00 bits per heavy atom. The lowest BCUT2D eigenvalue weighted by Gasteiger charge is -2.12. The van der Waals surface area contributed by atoms with Gasteiger partial charge in [0.05, 0.1) is 26.2 Å². The molecule has 0 aliphatic carbocycles. The molecule has 7 heteroatoms. The molecule has 0 radical (unpaired) electrons. The fourth-order valence-electron chi connectivity index (χ4n) is 1.12. The number of esters is 1. The fraction of sp³-hybridized carbons (Fsp3) is 0.818. The van der Waals surface area contributed by atoms with E-state index in [0.29, 0.717) is 25.7 Å². The molecule has 0 amide bonds. The SMILES string of the molecule is CCNC(=NCC(C)C(=O)OC)NCCOC.I. The standard InChI is InChI=1S/C11H23N3O3.HI/c1-5-12-11(13-6-7-16-3)14-8-9(2)10(15)17-4;/h9H,5-8H2,1-4H3,(H2,12,13,14);1H. The second kappa shape index (κ2) is 12.9. The molecule has 0 bridgehead atoms. The van der Waals surface area contributed by atoms with Crippen LogP contribution in [0.5, 0.6) is 0 Å². The highest BCUT2D eigenvalue weighted by molar-refractivity contribution is 14.0. The lowest BCUT2D eigenvalue weighted by atomic mass is 10.2. The number of methoxy groups -OCH3 is 2. The van der Waals surface area contributed by atoms with Crippen molar-refractivity contribution in [2.75, 3.05) is 40.5 Å². The first-order chi connectivity index (χ1) is 8.15. The zero-order chi connectivity index (χ0) is 13.1. The molecule has 108 valence electrons. The minimum absolute atomic E-state index is 0. The lowest BCUT2D eigenvalue weighted by Crippen LogP contribution is -2.39. The van der Waals surface area contributed by atoms with E-state index in [2.05, 4.69) is 20.4 Å². The minimum atomic E-state index is -0.249. The summed E-state index contributed by atoms with van der Waals surface area (Å²) in [6, 6.07) is 0. The van der Waals surface area contributed by atoms with Crippen molar-refractivity contribution >= 4 is 35.9 Å². The highest BCUT2D eigenvalue weighted by Gasteiger charge is 2.12. The number of nitrogens with zero attached hydrogens (tertiary/aromatic N) is 1. The van der Waals surface area contributed by atoms with Crippen LogP contribution >= 0.6 is 24.0 Å². The molecule has 0 aliphatic rings. The van der Waals surface area contributed by atoms with Crippen molar-refractivity contribution in [3.05, 3.63) is 0 Å². The maximum atomic E-state index is 11.2. The summed E-state index contributed by atoms with van der Waals surface area (Å²) in [5, 5.41) is 6.18. The molecule has 0 aliphatic heterocycles. The first-order valence-electron chi connectivity index (χ1n) is 5.74. The first-order valence-corrected chi connectivity index (χ1v) is 5.74. The van der Waals surface area contributed by atoms with Gasteiger partial charge in [0, 0.05) is 20.2 Å². The molecule has 0 aromatic rings. The third kappa shape index (κ3) is 9.46. The van der Waals surface area contributed by atoms with Gasteiger partial charge in [0.15, 0.2) is 5.96 Å². The molecular weight excluding hydrogens is 349 g/mol. The molecule has 1 atom stereocenters. The molecule has 18 heavy (non-hydrogen) atoms. The molecule has 0 heterocycles. The van der Waals surface area contributed by atoms with Crippen molar-refractivity contribution in [3.8, 4) is 0 Å². The lowest BCUT2D eigenvalue weighted by molar-refractivity contribution is -0.144. The number of carbonyl (C=O) groups is 1. The van der Waals surface area contributed by atoms with E-state index in [4.69, 9.17) is 4.74 Å². The van der Waals surface area contributed by atoms with Gasteiger partial charge in [-0.05, 0) is 6.92 Å². The van der Waals surface area contributed by atoms with Crippen LogP contribution in [0.4, 0.5) is 0 Å². The van der Waals surface area contributed by atoms with Gasteiger partial charge in [-0.1, -0.05) is 6.92 Å². The van der Waals surface area contributed by atoms with Crippen LogP contribution in [0.2, 0.25) is 0 Å². The average molecular weight is 373 g/mol. The molecule has 0 aromatic carbocycles. The number of ether oxygens (including phenoxy) is 2. The summed E-state index contributed by atoms with van der Waals surface area (Å²) in [5.74, 6) is 0.194. The molecule has 0 saturated heterocycles. The molecule has 2 N–H and O–H groups in total. The predicted molar refractivity (Wildman–Crippen MR) is 82.5 cm³/mol. The first kappa shape index (κ1) is 19.8. The monoisotopic (exact) mass is 373 g/mol. The highest BCUT2D eigenvalue weighted by atomic mass is 127. The summed E-state index contributed by atoms with van der Waals surface area (Å²) in [6.07, 6.45) is 0. The number of halogens is 1. The zero-order valence-corrected chi connectivity index (χ0v) is 13.8. The normalized spacial score (nSPS) is 12.3. The zero-order valence-electron chi connectivity index (χ0n) is 11.5. The molecule has 0 spiro atoms. The van der Waals surface area contributed by atoms with Gasteiger partial charge in [-0.2, -0.15) is 0 Å². The van der Waals surface area contributed by atoms with E-state index in [-0.39, 0.29) is 35.9 Å². The number of nitrogens with one attached hydrogen (secondary N) is 2. The Labute approximate surface area is 126 Å². The Balaban J connectivity index is 0. The van der Waals surface area contributed by atoms with Gasteiger partial charge in [0.1, 0.15) is 0 Å². The third-order valence-electron chi connectivity index (χ3n) is 2.07. The van der Waals surface area contributed by atoms with Crippen LogP contribution in [-0.4, -0.2) is 52.4 Å². The highest BCUT2D eigenvalue weighted by Crippen LogP contribution is 1.97. The molecule has 1 unspecified atom stereocenters. The van der Waals surface area contributed by atoms with Crippen molar-refractivity contribution < 1.29 is 14.3 Å². The van der Waals surface area contributed by atoms with Crippen LogP contribution in [0.25, 0.3) is 0 Å². The van der Waals surface area contributed by atoms with Crippen molar-refractivity contribution in [1.82, 2.24) is 10.6 Å². The van der Waals surface area contributed by atoms with Crippen molar-refractivity contribution in [3.63, 3.8) is 0 Å². The largest absolute Gasteiger partial charge is 0.469 e. The van der Waals surface area contributed by atoms with Crippen LogP contribution in [0, 0.1) is 5.92 Å². The van der Waals surface area contributed by atoms with Gasteiger partial charge in [0.25, 0.3) is 0 Å². The molecule has 6 nitrogen and oxygen atoms in total. The second-order valence-electron chi connectivity index (χ2n) is 3.56. The van der Waals surface area contributed by atoms with Crippen molar-refractivity contribution in [1.29, 1.82) is 0 Å². The van der Waals surface area contributed by atoms with E-state index in [1.165, 1.54) is 7.11 Å². The quantitative estimate of drug-likeness (QED) is 0.225. The Morgan fingerprint density at radius 1 is 1.33 bits per heavy atom. The fourth-order valence-corrected chi connectivity index (χ4v) is 1.12. The molecule has 0 saturated carbocycles. The van der Waals surface area contributed by atoms with Crippen molar-refractivity contribution in [2.24, 2.45) is 10.9 Å². The summed E-state index contributed by atoms with van der Waals surface area (Å²) in [6.45, 7) is 6.22. The maximum absolute atomic E-state index is 11.2. The van der Waals surface area contributed by atoms with E-state index < -0.39 is 0 Å². The smallest absolute Gasteiger partial charge is 0.310 e.